The minimum absolute atomic E-state index is 0.0393. The Morgan fingerprint density at radius 2 is 1.95 bits per heavy atom. The van der Waals surface area contributed by atoms with Crippen molar-refractivity contribution in [3.63, 3.8) is 0 Å². The molecule has 3 N–H and O–H groups in total. The highest BCUT2D eigenvalue weighted by Crippen LogP contribution is 2.42. The average Bonchev–Trinajstić information content (AvgIpc) is 3.19. The summed E-state index contributed by atoms with van der Waals surface area (Å²) in [5.41, 5.74) is 1.11. The zero-order valence-electron chi connectivity index (χ0n) is 19.6. The standard InChI is InChI=1S/C24H23F3N4O5S/c1-13-19(36-12-18(32)33)21(22(34)35)37-20(13)14-3-2-4-16(11-14)29-15-6-9-31(10-7-15)23-28-8-5-17(30-23)24(25,26)27/h2-5,8,11,15,29H,6-7,9-10,12H2,1H3,(H,32,33)(H,34,35). The third-order valence-corrected chi connectivity index (χ3v) is 7.14. The van der Waals surface area contributed by atoms with Crippen LogP contribution in [0.5, 0.6) is 5.75 Å². The quantitative estimate of drug-likeness (QED) is 0.373. The van der Waals surface area contributed by atoms with E-state index in [0.29, 0.717) is 36.4 Å². The van der Waals surface area contributed by atoms with Crippen molar-refractivity contribution in [3.05, 3.63) is 52.7 Å². The molecule has 9 nitrogen and oxygen atoms in total. The van der Waals surface area contributed by atoms with E-state index < -0.39 is 30.4 Å². The van der Waals surface area contributed by atoms with Gasteiger partial charge >= 0.3 is 18.1 Å². The van der Waals surface area contributed by atoms with Gasteiger partial charge in [-0.3, -0.25) is 0 Å². The third-order valence-electron chi connectivity index (χ3n) is 5.83. The van der Waals surface area contributed by atoms with Crippen molar-refractivity contribution in [1.82, 2.24) is 9.97 Å². The van der Waals surface area contributed by atoms with Crippen molar-refractivity contribution in [1.29, 1.82) is 0 Å². The summed E-state index contributed by atoms with van der Waals surface area (Å²) in [4.78, 5) is 32.6. The first-order chi connectivity index (χ1) is 17.5. The van der Waals surface area contributed by atoms with Crippen molar-refractivity contribution in [2.75, 3.05) is 29.9 Å². The van der Waals surface area contributed by atoms with Gasteiger partial charge in [0.05, 0.1) is 0 Å². The van der Waals surface area contributed by atoms with E-state index >= 15 is 0 Å². The normalized spacial score (nSPS) is 14.4. The van der Waals surface area contributed by atoms with Crippen LogP contribution >= 0.6 is 11.3 Å². The molecule has 196 valence electrons. The Morgan fingerprint density at radius 3 is 2.59 bits per heavy atom. The maximum absolute atomic E-state index is 13.0. The van der Waals surface area contributed by atoms with Crippen LogP contribution in [-0.4, -0.2) is 57.9 Å². The molecule has 4 rings (SSSR count). The van der Waals surface area contributed by atoms with Gasteiger partial charge in [0.15, 0.2) is 11.5 Å². The van der Waals surface area contributed by atoms with Gasteiger partial charge in [-0.1, -0.05) is 12.1 Å². The molecule has 0 bridgehead atoms. The van der Waals surface area contributed by atoms with Crippen LogP contribution in [0.3, 0.4) is 0 Å². The van der Waals surface area contributed by atoms with Gasteiger partial charge in [0, 0.05) is 41.5 Å². The highest BCUT2D eigenvalue weighted by molar-refractivity contribution is 7.18. The fourth-order valence-electron chi connectivity index (χ4n) is 4.09. The number of nitrogens with zero attached hydrogens (tertiary/aromatic N) is 3. The predicted molar refractivity (Wildman–Crippen MR) is 130 cm³/mol. The lowest BCUT2D eigenvalue weighted by molar-refractivity contribution is -0.141. The van der Waals surface area contributed by atoms with Crippen molar-refractivity contribution in [2.24, 2.45) is 0 Å². The molecule has 37 heavy (non-hydrogen) atoms. The number of aliphatic carboxylic acids is 1. The smallest absolute Gasteiger partial charge is 0.433 e. The van der Waals surface area contributed by atoms with E-state index in [1.165, 1.54) is 0 Å². The summed E-state index contributed by atoms with van der Waals surface area (Å²) < 4.78 is 44.2. The zero-order chi connectivity index (χ0) is 26.7. The van der Waals surface area contributed by atoms with Gasteiger partial charge < -0.3 is 25.2 Å². The van der Waals surface area contributed by atoms with E-state index in [1.807, 2.05) is 24.3 Å². The number of carboxylic acid groups (broad SMARTS) is 2. The monoisotopic (exact) mass is 536 g/mol. The molecule has 0 radical (unpaired) electrons. The molecular weight excluding hydrogens is 513 g/mol. The van der Waals surface area contributed by atoms with Crippen LogP contribution in [0.4, 0.5) is 24.8 Å². The molecule has 0 atom stereocenters. The van der Waals surface area contributed by atoms with Crippen molar-refractivity contribution in [2.45, 2.75) is 32.0 Å². The topological polar surface area (TPSA) is 125 Å². The molecule has 1 aliphatic rings. The fourth-order valence-corrected chi connectivity index (χ4v) is 5.18. The number of carbonyl (C=O) groups is 2. The molecule has 0 amide bonds. The van der Waals surface area contributed by atoms with E-state index in [2.05, 4.69) is 15.3 Å². The summed E-state index contributed by atoms with van der Waals surface area (Å²) in [5.74, 6) is -2.32. The largest absolute Gasteiger partial charge is 0.480 e. The summed E-state index contributed by atoms with van der Waals surface area (Å²) in [5, 5.41) is 21.9. The number of aromatic nitrogens is 2. The number of hydrogen-bond donors (Lipinski definition) is 3. The Kier molecular flexibility index (Phi) is 7.52. The number of benzene rings is 1. The number of carboxylic acids is 2. The van der Waals surface area contributed by atoms with E-state index in [-0.39, 0.29) is 22.6 Å². The summed E-state index contributed by atoms with van der Waals surface area (Å²) in [6.45, 7) is 1.99. The number of hydrogen-bond acceptors (Lipinski definition) is 8. The third kappa shape index (κ3) is 6.10. The SMILES string of the molecule is Cc1c(-c2cccc(NC3CCN(c4nccc(C(F)(F)F)n4)CC3)c2)sc(C(=O)O)c1OCC(=O)O. The van der Waals surface area contributed by atoms with Gasteiger partial charge in [0.1, 0.15) is 11.4 Å². The van der Waals surface area contributed by atoms with Crippen LogP contribution < -0.4 is 15.0 Å². The molecule has 13 heteroatoms. The number of halogens is 3. The van der Waals surface area contributed by atoms with E-state index in [4.69, 9.17) is 9.84 Å². The van der Waals surface area contributed by atoms with Crippen LogP contribution in [0, 0.1) is 6.92 Å². The second-order valence-corrected chi connectivity index (χ2v) is 9.45. The number of nitrogens with one attached hydrogen (secondary N) is 1. The number of anilines is 2. The first-order valence-corrected chi connectivity index (χ1v) is 12.1. The van der Waals surface area contributed by atoms with Crippen molar-refractivity contribution >= 4 is 34.9 Å². The van der Waals surface area contributed by atoms with Gasteiger partial charge in [-0.15, -0.1) is 11.3 Å². The van der Waals surface area contributed by atoms with Gasteiger partial charge in [-0.05, 0) is 43.5 Å². The number of alkyl halides is 3. The molecule has 1 fully saturated rings. The maximum atomic E-state index is 13.0. The molecule has 0 unspecified atom stereocenters. The van der Waals surface area contributed by atoms with Crippen molar-refractivity contribution in [3.8, 4) is 16.2 Å². The lowest BCUT2D eigenvalue weighted by atomic mass is 10.0. The Balaban J connectivity index is 1.45. The minimum Gasteiger partial charge on any atom is -0.480 e. The van der Waals surface area contributed by atoms with E-state index in [9.17, 15) is 27.9 Å². The molecule has 0 saturated carbocycles. The molecule has 0 aliphatic carbocycles. The Labute approximate surface area is 213 Å². The number of aromatic carboxylic acids is 1. The molecule has 0 spiro atoms. The first kappa shape index (κ1) is 26.2. The molecule has 3 aromatic rings. The van der Waals surface area contributed by atoms with Crippen LogP contribution in [0.25, 0.3) is 10.4 Å². The molecule has 1 aliphatic heterocycles. The second-order valence-electron chi connectivity index (χ2n) is 8.43. The second kappa shape index (κ2) is 10.6. The first-order valence-electron chi connectivity index (χ1n) is 11.3. The van der Waals surface area contributed by atoms with Crippen LogP contribution in [0.15, 0.2) is 36.5 Å². The molecule has 3 heterocycles. The van der Waals surface area contributed by atoms with E-state index in [0.717, 1.165) is 34.9 Å². The molecule has 1 saturated heterocycles. The number of thiophene rings is 1. The summed E-state index contributed by atoms with van der Waals surface area (Å²) >= 11 is 1.01. The van der Waals surface area contributed by atoms with Crippen LogP contribution in [0.1, 0.15) is 33.8 Å². The lowest BCUT2D eigenvalue weighted by Crippen LogP contribution is -2.40. The van der Waals surface area contributed by atoms with Gasteiger partial charge in [-0.2, -0.15) is 13.2 Å². The van der Waals surface area contributed by atoms with Gasteiger partial charge in [0.25, 0.3) is 0 Å². The number of ether oxygens (including phenoxy) is 1. The average molecular weight is 537 g/mol. The van der Waals surface area contributed by atoms with Gasteiger partial charge in [-0.25, -0.2) is 19.6 Å². The minimum atomic E-state index is -4.53. The summed E-state index contributed by atoms with van der Waals surface area (Å²) in [7, 11) is 0. The maximum Gasteiger partial charge on any atom is 0.433 e. The Hall–Kier alpha value is -3.87. The number of rotatable bonds is 8. The summed E-state index contributed by atoms with van der Waals surface area (Å²) in [6, 6.07) is 8.29. The fraction of sp³-hybridized carbons (Fsp3) is 0.333. The zero-order valence-corrected chi connectivity index (χ0v) is 20.4. The van der Waals surface area contributed by atoms with Crippen LogP contribution in [0.2, 0.25) is 0 Å². The summed E-state index contributed by atoms with van der Waals surface area (Å²) in [6.07, 6.45) is -2.12. The lowest BCUT2D eigenvalue weighted by Gasteiger charge is -2.33. The Bertz CT molecular complexity index is 1310. The van der Waals surface area contributed by atoms with Crippen molar-refractivity contribution < 1.29 is 37.7 Å². The highest BCUT2D eigenvalue weighted by Gasteiger charge is 2.33. The predicted octanol–water partition coefficient (Wildman–Crippen LogP) is 4.77. The molecule has 2 aromatic heterocycles. The molecule has 1 aromatic carbocycles. The highest BCUT2D eigenvalue weighted by atomic mass is 32.1. The molecular formula is C24H23F3N4O5S. The van der Waals surface area contributed by atoms with E-state index in [1.54, 1.807) is 11.8 Å². The number of piperidine rings is 1. The Morgan fingerprint density at radius 1 is 1.22 bits per heavy atom. The van der Waals surface area contributed by atoms with Gasteiger partial charge in [0.2, 0.25) is 5.95 Å². The van der Waals surface area contributed by atoms with Crippen LogP contribution in [-0.2, 0) is 11.0 Å².